The Hall–Kier alpha value is -7.72. The number of hydrogen-bond acceptors (Lipinski definition) is 3. The zero-order valence-corrected chi connectivity index (χ0v) is 33.9. The van der Waals surface area contributed by atoms with Gasteiger partial charge in [-0.2, -0.15) is 0 Å². The zero-order valence-electron chi connectivity index (χ0n) is 33.1. The maximum Gasteiger partial charge on any atom is 0.160 e. The Balaban J connectivity index is 1.04. The molecule has 2 aromatic heterocycles. The summed E-state index contributed by atoms with van der Waals surface area (Å²) in [6, 6.07) is 78.7. The standard InChI is InChI=1S/C58H36N2S/c1-3-13-37(14-4-1)39-25-29-41(30-26-39)46-23-12-24-53-54(46)56-57(61-53)55(59-58(60-56)42-31-27-40(28-32-42)38-15-5-2-6-16-38)45-18-11-17-43(35-45)44-33-34-51-49-21-8-7-19-47(49)48-20-9-10-22-50(48)52(51)36-44/h1-36H. The molecule has 10 aromatic carbocycles. The lowest BCUT2D eigenvalue weighted by atomic mass is 9.91. The molecule has 0 unspecified atom stereocenters. The molecule has 12 aromatic rings. The lowest BCUT2D eigenvalue weighted by molar-refractivity contribution is 1.24. The van der Waals surface area contributed by atoms with Gasteiger partial charge < -0.3 is 0 Å². The van der Waals surface area contributed by atoms with Crippen LogP contribution in [0, 0.1) is 0 Å². The van der Waals surface area contributed by atoms with Crippen molar-refractivity contribution in [2.75, 3.05) is 0 Å². The maximum atomic E-state index is 5.45. The Kier molecular flexibility index (Phi) is 8.39. The van der Waals surface area contributed by atoms with Crippen LogP contribution in [0.2, 0.25) is 0 Å². The van der Waals surface area contributed by atoms with E-state index in [1.807, 2.05) is 0 Å². The van der Waals surface area contributed by atoms with E-state index >= 15 is 0 Å². The molecule has 284 valence electrons. The van der Waals surface area contributed by atoms with E-state index in [9.17, 15) is 0 Å². The zero-order chi connectivity index (χ0) is 40.3. The van der Waals surface area contributed by atoms with Gasteiger partial charge in [-0.15, -0.1) is 11.3 Å². The lowest BCUT2D eigenvalue weighted by Gasteiger charge is -2.13. The van der Waals surface area contributed by atoms with E-state index in [2.05, 4.69) is 218 Å². The summed E-state index contributed by atoms with van der Waals surface area (Å²) in [5, 5.41) is 8.80. The third-order valence-electron chi connectivity index (χ3n) is 12.1. The monoisotopic (exact) mass is 792 g/mol. The van der Waals surface area contributed by atoms with Gasteiger partial charge in [0.1, 0.15) is 0 Å². The maximum absolute atomic E-state index is 5.45. The van der Waals surface area contributed by atoms with Crippen molar-refractivity contribution in [3.8, 4) is 67.2 Å². The number of aromatic nitrogens is 2. The van der Waals surface area contributed by atoms with Gasteiger partial charge in [-0.3, -0.25) is 0 Å². The molecule has 0 radical (unpaired) electrons. The average molecular weight is 793 g/mol. The van der Waals surface area contributed by atoms with Gasteiger partial charge in [0.05, 0.1) is 15.9 Å². The first-order valence-electron chi connectivity index (χ1n) is 20.7. The molecule has 0 atom stereocenters. The van der Waals surface area contributed by atoms with Gasteiger partial charge in [-0.1, -0.05) is 200 Å². The normalized spacial score (nSPS) is 11.6. The minimum Gasteiger partial charge on any atom is -0.226 e. The summed E-state index contributed by atoms with van der Waals surface area (Å²) in [4.78, 5) is 10.9. The molecule has 0 aliphatic heterocycles. The third-order valence-corrected chi connectivity index (χ3v) is 13.3. The summed E-state index contributed by atoms with van der Waals surface area (Å²) in [6.45, 7) is 0. The van der Waals surface area contributed by atoms with Crippen LogP contribution in [0.15, 0.2) is 218 Å². The van der Waals surface area contributed by atoms with E-state index in [-0.39, 0.29) is 0 Å². The van der Waals surface area contributed by atoms with Crippen molar-refractivity contribution in [1.82, 2.24) is 9.97 Å². The molecule has 2 heterocycles. The number of nitrogens with zero attached hydrogens (tertiary/aromatic N) is 2. The van der Waals surface area contributed by atoms with Gasteiger partial charge in [0.15, 0.2) is 5.82 Å². The van der Waals surface area contributed by atoms with Gasteiger partial charge in [-0.05, 0) is 95.0 Å². The third kappa shape index (κ3) is 6.09. The average Bonchev–Trinajstić information content (AvgIpc) is 3.73. The fraction of sp³-hybridized carbons (Fsp3) is 0. The fourth-order valence-corrected chi connectivity index (χ4v) is 10.3. The fourth-order valence-electron chi connectivity index (χ4n) is 9.10. The molecular formula is C58H36N2S. The second kappa shape index (κ2) is 14.5. The highest BCUT2D eigenvalue weighted by Crippen LogP contribution is 2.45. The smallest absolute Gasteiger partial charge is 0.160 e. The van der Waals surface area contributed by atoms with Crippen LogP contribution in [-0.2, 0) is 0 Å². The highest BCUT2D eigenvalue weighted by atomic mass is 32.1. The van der Waals surface area contributed by atoms with Crippen LogP contribution in [0.25, 0.3) is 120 Å². The van der Waals surface area contributed by atoms with Gasteiger partial charge in [-0.25, -0.2) is 9.97 Å². The topological polar surface area (TPSA) is 25.8 Å². The van der Waals surface area contributed by atoms with Gasteiger partial charge in [0.25, 0.3) is 0 Å². The SMILES string of the molecule is c1ccc(-c2ccc(-c3nc(-c4cccc(-c5ccc6c7ccccc7c7ccccc7c6c5)c4)c4sc5cccc(-c6ccc(-c7ccccc7)cc6)c5c4n3)cc2)cc1. The van der Waals surface area contributed by atoms with Crippen LogP contribution in [0.1, 0.15) is 0 Å². The molecule has 0 saturated heterocycles. The highest BCUT2D eigenvalue weighted by Gasteiger charge is 2.20. The highest BCUT2D eigenvalue weighted by molar-refractivity contribution is 7.26. The molecule has 61 heavy (non-hydrogen) atoms. The Labute approximate surface area is 357 Å². The van der Waals surface area contributed by atoms with Crippen LogP contribution in [0.4, 0.5) is 0 Å². The first kappa shape index (κ1) is 35.2. The molecule has 0 fully saturated rings. The van der Waals surface area contributed by atoms with Crippen molar-refractivity contribution < 1.29 is 0 Å². The van der Waals surface area contributed by atoms with E-state index in [1.165, 1.54) is 64.8 Å². The van der Waals surface area contributed by atoms with E-state index in [4.69, 9.17) is 9.97 Å². The summed E-state index contributed by atoms with van der Waals surface area (Å²) in [5.74, 6) is 0.713. The van der Waals surface area contributed by atoms with Gasteiger partial charge >= 0.3 is 0 Å². The predicted octanol–water partition coefficient (Wildman–Crippen LogP) is 16.3. The molecular weight excluding hydrogens is 757 g/mol. The van der Waals surface area contributed by atoms with Crippen molar-refractivity contribution in [3.63, 3.8) is 0 Å². The first-order valence-corrected chi connectivity index (χ1v) is 21.5. The lowest BCUT2D eigenvalue weighted by Crippen LogP contribution is -1.94. The summed E-state index contributed by atoms with van der Waals surface area (Å²) >= 11 is 1.78. The van der Waals surface area contributed by atoms with Crippen LogP contribution < -0.4 is 0 Å². The minimum absolute atomic E-state index is 0.713. The second-order valence-electron chi connectivity index (χ2n) is 15.7. The largest absolute Gasteiger partial charge is 0.226 e. The number of fused-ring (bicyclic) bond motifs is 9. The Morgan fingerprint density at radius 3 is 1.39 bits per heavy atom. The van der Waals surface area contributed by atoms with E-state index in [0.29, 0.717) is 5.82 Å². The molecule has 0 saturated carbocycles. The predicted molar refractivity (Wildman–Crippen MR) is 260 cm³/mol. The van der Waals surface area contributed by atoms with Crippen molar-refractivity contribution >= 4 is 64.0 Å². The summed E-state index contributed by atoms with van der Waals surface area (Å²) in [7, 11) is 0. The van der Waals surface area contributed by atoms with Gasteiger partial charge in [0, 0.05) is 21.2 Å². The molecule has 0 aliphatic carbocycles. The van der Waals surface area contributed by atoms with Crippen LogP contribution in [-0.4, -0.2) is 9.97 Å². The van der Waals surface area contributed by atoms with E-state index in [0.717, 1.165) is 49.1 Å². The van der Waals surface area contributed by atoms with E-state index in [1.54, 1.807) is 11.3 Å². The minimum atomic E-state index is 0.713. The quantitative estimate of drug-likeness (QED) is 0.157. The number of benzene rings is 10. The Morgan fingerprint density at radius 1 is 0.295 bits per heavy atom. The summed E-state index contributed by atoms with van der Waals surface area (Å²) in [5.41, 5.74) is 13.4. The second-order valence-corrected chi connectivity index (χ2v) is 16.7. The van der Waals surface area contributed by atoms with Crippen LogP contribution in [0.5, 0.6) is 0 Å². The summed E-state index contributed by atoms with van der Waals surface area (Å²) < 4.78 is 2.28. The Bertz CT molecular complexity index is 3570. The van der Waals surface area contributed by atoms with Crippen molar-refractivity contribution in [3.05, 3.63) is 218 Å². The molecule has 0 aliphatic rings. The molecule has 12 rings (SSSR count). The van der Waals surface area contributed by atoms with Crippen molar-refractivity contribution in [2.45, 2.75) is 0 Å². The summed E-state index contributed by atoms with van der Waals surface area (Å²) in [6.07, 6.45) is 0. The molecule has 0 spiro atoms. The molecule has 3 heteroatoms. The number of rotatable bonds is 6. The van der Waals surface area contributed by atoms with Crippen molar-refractivity contribution in [1.29, 1.82) is 0 Å². The number of thiophene rings is 1. The van der Waals surface area contributed by atoms with Gasteiger partial charge in [0.2, 0.25) is 0 Å². The number of hydrogen-bond donors (Lipinski definition) is 0. The van der Waals surface area contributed by atoms with E-state index < -0.39 is 0 Å². The molecule has 0 N–H and O–H groups in total. The van der Waals surface area contributed by atoms with Crippen molar-refractivity contribution in [2.24, 2.45) is 0 Å². The molecule has 0 bridgehead atoms. The van der Waals surface area contributed by atoms with Crippen LogP contribution in [0.3, 0.4) is 0 Å². The Morgan fingerprint density at radius 2 is 0.754 bits per heavy atom. The molecule has 2 nitrogen and oxygen atoms in total. The molecule has 0 amide bonds. The first-order chi connectivity index (χ1) is 30.2. The van der Waals surface area contributed by atoms with Crippen LogP contribution >= 0.6 is 11.3 Å².